The van der Waals surface area contributed by atoms with Gasteiger partial charge in [0.1, 0.15) is 35.1 Å². The van der Waals surface area contributed by atoms with Crippen LogP contribution >= 0.6 is 0 Å². The van der Waals surface area contributed by atoms with Crippen LogP contribution in [0.15, 0.2) is 60.7 Å². The summed E-state index contributed by atoms with van der Waals surface area (Å²) in [5.74, 6) is 0.938. The summed E-state index contributed by atoms with van der Waals surface area (Å²) in [6.07, 6.45) is 4.18. The van der Waals surface area contributed by atoms with Gasteiger partial charge in [-0.25, -0.2) is 9.18 Å². The van der Waals surface area contributed by atoms with E-state index in [2.05, 4.69) is 5.32 Å². The molecule has 46 heavy (non-hydrogen) atoms. The van der Waals surface area contributed by atoms with Crippen molar-refractivity contribution in [2.45, 2.75) is 104 Å². The lowest BCUT2D eigenvalue weighted by Gasteiger charge is -2.22. The molecule has 0 heterocycles. The van der Waals surface area contributed by atoms with Crippen LogP contribution in [0, 0.1) is 11.7 Å². The minimum absolute atomic E-state index is 0.0801. The molecule has 1 aliphatic carbocycles. The number of hydrogen-bond donors (Lipinski definition) is 1. The van der Waals surface area contributed by atoms with Crippen LogP contribution in [0.3, 0.4) is 0 Å². The van der Waals surface area contributed by atoms with Crippen molar-refractivity contribution in [2.75, 3.05) is 6.61 Å². The van der Waals surface area contributed by atoms with E-state index in [1.165, 1.54) is 12.8 Å². The third-order valence-electron chi connectivity index (χ3n) is 7.59. The van der Waals surface area contributed by atoms with E-state index in [0.717, 1.165) is 24.0 Å². The Morgan fingerprint density at radius 2 is 1.59 bits per heavy atom. The highest BCUT2D eigenvalue weighted by Crippen LogP contribution is 2.33. The Labute approximate surface area is 272 Å². The molecule has 1 N–H and O–H groups in total. The summed E-state index contributed by atoms with van der Waals surface area (Å²) in [4.78, 5) is 24.9. The fourth-order valence-corrected chi connectivity index (χ4v) is 5.53. The highest BCUT2D eigenvalue weighted by molar-refractivity contribution is 5.74. The van der Waals surface area contributed by atoms with Crippen molar-refractivity contribution in [1.82, 2.24) is 5.32 Å². The van der Waals surface area contributed by atoms with Crippen LogP contribution in [0.1, 0.15) is 96.9 Å². The highest BCUT2D eigenvalue weighted by atomic mass is 19.1. The smallest absolute Gasteiger partial charge is 0.408 e. The van der Waals surface area contributed by atoms with Crippen molar-refractivity contribution in [3.8, 4) is 22.6 Å². The number of rotatable bonds is 11. The van der Waals surface area contributed by atoms with E-state index in [1.54, 1.807) is 45.9 Å². The number of para-hydroxylation sites is 1. The topological polar surface area (TPSA) is 83.1 Å². The number of benzene rings is 3. The summed E-state index contributed by atoms with van der Waals surface area (Å²) in [7, 11) is 0. The summed E-state index contributed by atoms with van der Waals surface area (Å²) in [6.45, 7) is 13.3. The Morgan fingerprint density at radius 1 is 0.891 bits per heavy atom. The zero-order valence-corrected chi connectivity index (χ0v) is 28.2. The van der Waals surface area contributed by atoms with E-state index in [1.807, 2.05) is 63.2 Å². The van der Waals surface area contributed by atoms with E-state index in [4.69, 9.17) is 18.9 Å². The van der Waals surface area contributed by atoms with Crippen molar-refractivity contribution < 1.29 is 32.9 Å². The third kappa shape index (κ3) is 10.5. The Bertz CT molecular complexity index is 1500. The van der Waals surface area contributed by atoms with Crippen LogP contribution in [0.2, 0.25) is 0 Å². The lowest BCUT2D eigenvalue weighted by Crippen LogP contribution is -2.34. The van der Waals surface area contributed by atoms with Crippen LogP contribution in [0.4, 0.5) is 9.18 Å². The molecule has 0 bridgehead atoms. The van der Waals surface area contributed by atoms with Crippen LogP contribution in [0.5, 0.6) is 11.5 Å². The molecule has 1 atom stereocenters. The molecular formula is C38H48FNO6. The molecule has 1 amide bonds. The van der Waals surface area contributed by atoms with Gasteiger partial charge in [-0.05, 0) is 103 Å². The first kappa shape index (κ1) is 34.8. The molecule has 1 aliphatic rings. The van der Waals surface area contributed by atoms with Crippen molar-refractivity contribution in [2.24, 2.45) is 5.92 Å². The van der Waals surface area contributed by atoms with E-state index >= 15 is 4.39 Å². The van der Waals surface area contributed by atoms with Crippen LogP contribution in [0.25, 0.3) is 11.1 Å². The number of alkyl carbamates (subject to hydrolysis) is 1. The fraction of sp³-hybridized carbons (Fsp3) is 0.474. The molecule has 1 fully saturated rings. The molecule has 0 radical (unpaired) electrons. The van der Waals surface area contributed by atoms with E-state index in [9.17, 15) is 9.59 Å². The van der Waals surface area contributed by atoms with Gasteiger partial charge in [-0.15, -0.1) is 0 Å². The first-order valence-corrected chi connectivity index (χ1v) is 16.1. The normalized spacial score (nSPS) is 14.4. The molecule has 248 valence electrons. The van der Waals surface area contributed by atoms with Crippen LogP contribution < -0.4 is 14.8 Å². The summed E-state index contributed by atoms with van der Waals surface area (Å²) >= 11 is 0. The van der Waals surface area contributed by atoms with E-state index in [-0.39, 0.29) is 19.0 Å². The molecule has 7 nitrogen and oxygen atoms in total. The molecule has 0 aliphatic heterocycles. The largest absolute Gasteiger partial charge is 0.493 e. The molecule has 1 saturated carbocycles. The van der Waals surface area contributed by atoms with Gasteiger partial charge in [-0.1, -0.05) is 49.2 Å². The van der Waals surface area contributed by atoms with Crippen LogP contribution in [-0.4, -0.2) is 29.9 Å². The number of halogens is 1. The predicted octanol–water partition coefficient (Wildman–Crippen LogP) is 9.11. The number of esters is 1. The lowest BCUT2D eigenvalue weighted by molar-refractivity contribution is -0.153. The van der Waals surface area contributed by atoms with Gasteiger partial charge in [0.15, 0.2) is 0 Å². The second-order valence-electron chi connectivity index (χ2n) is 14.1. The zero-order valence-electron chi connectivity index (χ0n) is 28.2. The minimum atomic E-state index is -0.669. The summed E-state index contributed by atoms with van der Waals surface area (Å²) in [5, 5.41) is 2.74. The fourth-order valence-electron chi connectivity index (χ4n) is 5.53. The van der Waals surface area contributed by atoms with Gasteiger partial charge < -0.3 is 24.3 Å². The number of ether oxygens (including phenoxy) is 4. The minimum Gasteiger partial charge on any atom is -0.493 e. The van der Waals surface area contributed by atoms with Gasteiger partial charge in [0.25, 0.3) is 0 Å². The van der Waals surface area contributed by atoms with E-state index in [0.29, 0.717) is 40.7 Å². The maximum absolute atomic E-state index is 16.1. The number of hydrogen-bond acceptors (Lipinski definition) is 6. The Hall–Kier alpha value is -4.07. The molecule has 0 spiro atoms. The Morgan fingerprint density at radius 3 is 2.28 bits per heavy atom. The van der Waals surface area contributed by atoms with Crippen molar-refractivity contribution in [1.29, 1.82) is 0 Å². The number of nitrogens with one attached hydrogen (secondary N) is 1. The van der Waals surface area contributed by atoms with Crippen molar-refractivity contribution in [3.05, 3.63) is 83.2 Å². The number of carbonyl (C=O) groups excluding carboxylic acids is 2. The van der Waals surface area contributed by atoms with E-state index < -0.39 is 29.2 Å². The zero-order chi connectivity index (χ0) is 33.5. The molecule has 4 rings (SSSR count). The van der Waals surface area contributed by atoms with Crippen LogP contribution in [-0.2, 0) is 27.3 Å². The lowest BCUT2D eigenvalue weighted by atomic mass is 9.97. The summed E-state index contributed by atoms with van der Waals surface area (Å²) < 4.78 is 39.5. The van der Waals surface area contributed by atoms with Crippen molar-refractivity contribution >= 4 is 12.1 Å². The van der Waals surface area contributed by atoms with Gasteiger partial charge in [-0.2, -0.15) is 0 Å². The average Bonchev–Trinajstić information content (AvgIpc) is 3.47. The molecule has 3 aromatic rings. The molecular weight excluding hydrogens is 585 g/mol. The molecule has 0 saturated heterocycles. The molecule has 8 heteroatoms. The number of amides is 1. The molecule has 0 aromatic heterocycles. The van der Waals surface area contributed by atoms with Gasteiger partial charge in [0, 0.05) is 16.7 Å². The second kappa shape index (κ2) is 15.0. The SMILES string of the molecule is CC(NC(=O)OC(C)(C)C)c1cccc(-c2cc(COc3ccccc3CC(=O)OC(C)(C)C)cc(OCC3CCCC3)c2)c1F. The first-order valence-electron chi connectivity index (χ1n) is 16.1. The van der Waals surface area contributed by atoms with Gasteiger partial charge in [0.05, 0.1) is 19.1 Å². The van der Waals surface area contributed by atoms with Gasteiger partial charge >= 0.3 is 12.1 Å². The first-order chi connectivity index (χ1) is 21.7. The number of carbonyl (C=O) groups is 2. The monoisotopic (exact) mass is 633 g/mol. The third-order valence-corrected chi connectivity index (χ3v) is 7.59. The quantitative estimate of drug-likeness (QED) is 0.212. The highest BCUT2D eigenvalue weighted by Gasteiger charge is 2.23. The summed E-state index contributed by atoms with van der Waals surface area (Å²) in [5.41, 5.74) is 1.61. The standard InChI is InChI=1S/C38H48FNO6/c1-25(40-36(42)46-38(5,6)7)31-16-12-17-32(35(31)39)29-19-27(20-30(21-29)43-23-26-13-8-9-14-26)24-44-33-18-11-10-15-28(33)22-34(41)45-37(2,3)4/h10-12,15-21,25-26H,8-9,13-14,22-24H2,1-7H3,(H,40,42). The Kier molecular flexibility index (Phi) is 11.4. The maximum atomic E-state index is 16.1. The predicted molar refractivity (Wildman–Crippen MR) is 177 cm³/mol. The maximum Gasteiger partial charge on any atom is 0.408 e. The van der Waals surface area contributed by atoms with Gasteiger partial charge in [-0.3, -0.25) is 4.79 Å². The molecule has 3 aromatic carbocycles. The average molecular weight is 634 g/mol. The molecule has 1 unspecified atom stereocenters. The van der Waals surface area contributed by atoms with Gasteiger partial charge in [0.2, 0.25) is 0 Å². The second-order valence-corrected chi connectivity index (χ2v) is 14.1. The Balaban J connectivity index is 1.59. The summed E-state index contributed by atoms with van der Waals surface area (Å²) in [6, 6.07) is 17.6. The van der Waals surface area contributed by atoms with Crippen molar-refractivity contribution in [3.63, 3.8) is 0 Å².